The van der Waals surface area contributed by atoms with Crippen LogP contribution in [0.15, 0.2) is 22.7 Å². The summed E-state index contributed by atoms with van der Waals surface area (Å²) in [6.07, 6.45) is 1.45. The molecule has 0 heterocycles. The molecule has 3 nitrogen and oxygen atoms in total. The van der Waals surface area contributed by atoms with Crippen molar-refractivity contribution in [2.75, 3.05) is 6.61 Å². The Morgan fingerprint density at radius 1 is 1.62 bits per heavy atom. The van der Waals surface area contributed by atoms with Gasteiger partial charge in [0.15, 0.2) is 0 Å². The Kier molecular flexibility index (Phi) is 3.04. The number of esters is 1. The number of aryl methyl sites for hydroxylation is 1. The van der Waals surface area contributed by atoms with Gasteiger partial charge in [0.05, 0.1) is 6.61 Å². The van der Waals surface area contributed by atoms with E-state index in [1.165, 1.54) is 0 Å². The molecule has 1 aliphatic rings. The SMILES string of the molecule is CCOC(=O)C1(N)CCc2cc(Br)ccc21. The van der Waals surface area contributed by atoms with E-state index in [0.717, 1.165) is 22.0 Å². The molecule has 16 heavy (non-hydrogen) atoms. The molecule has 0 spiro atoms. The van der Waals surface area contributed by atoms with Crippen molar-refractivity contribution in [3.8, 4) is 0 Å². The van der Waals surface area contributed by atoms with Gasteiger partial charge < -0.3 is 10.5 Å². The van der Waals surface area contributed by atoms with Gasteiger partial charge in [-0.2, -0.15) is 0 Å². The summed E-state index contributed by atoms with van der Waals surface area (Å²) < 4.78 is 6.05. The van der Waals surface area contributed by atoms with Crippen LogP contribution in [0.4, 0.5) is 0 Å². The number of hydrogen-bond donors (Lipinski definition) is 1. The molecule has 0 aromatic heterocycles. The predicted molar refractivity (Wildman–Crippen MR) is 65.0 cm³/mol. The average molecular weight is 284 g/mol. The quantitative estimate of drug-likeness (QED) is 0.846. The first kappa shape index (κ1) is 11.6. The number of hydrogen-bond acceptors (Lipinski definition) is 3. The molecule has 1 aromatic carbocycles. The highest BCUT2D eigenvalue weighted by Crippen LogP contribution is 2.37. The summed E-state index contributed by atoms with van der Waals surface area (Å²) >= 11 is 3.41. The Bertz CT molecular complexity index is 433. The summed E-state index contributed by atoms with van der Waals surface area (Å²) in [5.74, 6) is -0.323. The summed E-state index contributed by atoms with van der Waals surface area (Å²) in [6.45, 7) is 2.16. The van der Waals surface area contributed by atoms with E-state index in [9.17, 15) is 4.79 Å². The first-order valence-electron chi connectivity index (χ1n) is 5.33. The lowest BCUT2D eigenvalue weighted by Gasteiger charge is -2.22. The van der Waals surface area contributed by atoms with Crippen molar-refractivity contribution in [1.82, 2.24) is 0 Å². The van der Waals surface area contributed by atoms with E-state index in [-0.39, 0.29) is 5.97 Å². The number of carbonyl (C=O) groups excluding carboxylic acids is 1. The summed E-state index contributed by atoms with van der Waals surface area (Å²) in [7, 11) is 0. The third-order valence-electron chi connectivity index (χ3n) is 2.98. The molecule has 0 fully saturated rings. The van der Waals surface area contributed by atoms with Gasteiger partial charge in [-0.3, -0.25) is 0 Å². The minimum atomic E-state index is -0.952. The molecular formula is C12H14BrNO2. The normalized spacial score (nSPS) is 22.9. The van der Waals surface area contributed by atoms with Gasteiger partial charge in [0.25, 0.3) is 0 Å². The van der Waals surface area contributed by atoms with Gasteiger partial charge >= 0.3 is 5.97 Å². The van der Waals surface area contributed by atoms with E-state index >= 15 is 0 Å². The molecule has 0 saturated heterocycles. The molecule has 0 radical (unpaired) electrons. The molecule has 1 atom stereocenters. The van der Waals surface area contributed by atoms with Gasteiger partial charge in [-0.15, -0.1) is 0 Å². The Morgan fingerprint density at radius 2 is 2.38 bits per heavy atom. The second kappa shape index (κ2) is 4.18. The summed E-state index contributed by atoms with van der Waals surface area (Å²) in [5.41, 5.74) is 7.24. The van der Waals surface area contributed by atoms with Crippen LogP contribution in [0.1, 0.15) is 24.5 Å². The molecule has 0 saturated carbocycles. The van der Waals surface area contributed by atoms with Crippen LogP contribution in [0, 0.1) is 0 Å². The lowest BCUT2D eigenvalue weighted by Crippen LogP contribution is -2.44. The van der Waals surface area contributed by atoms with Crippen LogP contribution in [0.25, 0.3) is 0 Å². The average Bonchev–Trinajstić information content (AvgIpc) is 2.58. The van der Waals surface area contributed by atoms with Gasteiger partial charge in [0.2, 0.25) is 0 Å². The smallest absolute Gasteiger partial charge is 0.330 e. The Morgan fingerprint density at radius 3 is 3.06 bits per heavy atom. The zero-order chi connectivity index (χ0) is 11.8. The molecule has 0 amide bonds. The standard InChI is InChI=1S/C12H14BrNO2/c1-2-16-11(15)12(14)6-5-8-7-9(13)3-4-10(8)12/h3-4,7H,2,5-6,14H2,1H3. The predicted octanol–water partition coefficient (Wildman–Crippen LogP) is 2.11. The Labute approximate surface area is 103 Å². The van der Waals surface area contributed by atoms with E-state index < -0.39 is 5.54 Å². The number of halogens is 1. The van der Waals surface area contributed by atoms with Crippen LogP contribution in [-0.4, -0.2) is 12.6 Å². The monoisotopic (exact) mass is 283 g/mol. The Balaban J connectivity index is 2.38. The van der Waals surface area contributed by atoms with Crippen molar-refractivity contribution in [2.24, 2.45) is 5.73 Å². The second-order valence-electron chi connectivity index (χ2n) is 3.99. The van der Waals surface area contributed by atoms with Crippen LogP contribution in [0.2, 0.25) is 0 Å². The van der Waals surface area contributed by atoms with Crippen LogP contribution in [-0.2, 0) is 21.5 Å². The molecule has 1 aliphatic carbocycles. The van der Waals surface area contributed by atoms with Crippen molar-refractivity contribution in [1.29, 1.82) is 0 Å². The maximum atomic E-state index is 11.9. The van der Waals surface area contributed by atoms with Crippen LogP contribution in [0.5, 0.6) is 0 Å². The highest BCUT2D eigenvalue weighted by Gasteiger charge is 2.43. The van der Waals surface area contributed by atoms with Crippen molar-refractivity contribution in [3.63, 3.8) is 0 Å². The molecule has 1 aromatic rings. The van der Waals surface area contributed by atoms with Gasteiger partial charge in [0, 0.05) is 4.47 Å². The molecule has 0 bridgehead atoms. The lowest BCUT2D eigenvalue weighted by molar-refractivity contribution is -0.150. The molecule has 4 heteroatoms. The zero-order valence-electron chi connectivity index (χ0n) is 9.13. The number of carbonyl (C=O) groups is 1. The second-order valence-corrected chi connectivity index (χ2v) is 4.91. The summed E-state index contributed by atoms with van der Waals surface area (Å²) in [5, 5.41) is 0. The van der Waals surface area contributed by atoms with Gasteiger partial charge in [-0.05, 0) is 43.0 Å². The van der Waals surface area contributed by atoms with Crippen molar-refractivity contribution >= 4 is 21.9 Å². The Hall–Kier alpha value is -0.870. The zero-order valence-corrected chi connectivity index (χ0v) is 10.7. The minimum absolute atomic E-state index is 0.323. The number of rotatable bonds is 2. The van der Waals surface area contributed by atoms with Crippen LogP contribution < -0.4 is 5.73 Å². The molecule has 1 unspecified atom stereocenters. The topological polar surface area (TPSA) is 52.3 Å². The fourth-order valence-electron chi connectivity index (χ4n) is 2.14. The largest absolute Gasteiger partial charge is 0.464 e. The van der Waals surface area contributed by atoms with Gasteiger partial charge in [-0.1, -0.05) is 22.0 Å². The molecule has 0 aliphatic heterocycles. The number of ether oxygens (including phenoxy) is 1. The van der Waals surface area contributed by atoms with E-state index in [4.69, 9.17) is 10.5 Å². The number of nitrogens with two attached hydrogens (primary N) is 1. The number of benzene rings is 1. The first-order valence-corrected chi connectivity index (χ1v) is 6.12. The summed E-state index contributed by atoms with van der Waals surface area (Å²) in [6, 6.07) is 5.83. The lowest BCUT2D eigenvalue weighted by atomic mass is 9.93. The van der Waals surface area contributed by atoms with Crippen LogP contribution >= 0.6 is 15.9 Å². The molecule has 2 N–H and O–H groups in total. The van der Waals surface area contributed by atoms with E-state index in [0.29, 0.717) is 13.0 Å². The highest BCUT2D eigenvalue weighted by molar-refractivity contribution is 9.10. The van der Waals surface area contributed by atoms with Crippen LogP contribution in [0.3, 0.4) is 0 Å². The third kappa shape index (κ3) is 1.76. The van der Waals surface area contributed by atoms with Crippen molar-refractivity contribution in [2.45, 2.75) is 25.3 Å². The third-order valence-corrected chi connectivity index (χ3v) is 3.47. The van der Waals surface area contributed by atoms with Gasteiger partial charge in [-0.25, -0.2) is 4.79 Å². The minimum Gasteiger partial charge on any atom is -0.464 e. The van der Waals surface area contributed by atoms with E-state index in [1.54, 1.807) is 6.92 Å². The molecular weight excluding hydrogens is 270 g/mol. The fraction of sp³-hybridized carbons (Fsp3) is 0.417. The maximum absolute atomic E-state index is 11.9. The van der Waals surface area contributed by atoms with Gasteiger partial charge in [0.1, 0.15) is 5.54 Å². The van der Waals surface area contributed by atoms with Crippen molar-refractivity contribution < 1.29 is 9.53 Å². The highest BCUT2D eigenvalue weighted by atomic mass is 79.9. The molecule has 86 valence electrons. The van der Waals surface area contributed by atoms with E-state index in [2.05, 4.69) is 15.9 Å². The molecule has 2 rings (SSSR count). The fourth-order valence-corrected chi connectivity index (χ4v) is 2.55. The maximum Gasteiger partial charge on any atom is 0.330 e. The first-order chi connectivity index (χ1) is 7.58. The summed E-state index contributed by atoms with van der Waals surface area (Å²) in [4.78, 5) is 11.9. The van der Waals surface area contributed by atoms with Crippen molar-refractivity contribution in [3.05, 3.63) is 33.8 Å². The van der Waals surface area contributed by atoms with E-state index in [1.807, 2.05) is 18.2 Å². The number of fused-ring (bicyclic) bond motifs is 1.